The Kier molecular flexibility index (Phi) is 8.41. The van der Waals surface area contributed by atoms with E-state index in [1.807, 2.05) is 60.7 Å². The van der Waals surface area contributed by atoms with E-state index < -0.39 is 0 Å². The number of benzene rings is 3. The van der Waals surface area contributed by atoms with E-state index in [1.165, 1.54) is 5.56 Å². The number of rotatable bonds is 4. The third-order valence-electron chi connectivity index (χ3n) is 3.32. The Labute approximate surface area is 164 Å². The zero-order valence-electron chi connectivity index (χ0n) is 14.1. The van der Waals surface area contributed by atoms with Crippen molar-refractivity contribution in [2.75, 3.05) is 0 Å². The van der Waals surface area contributed by atoms with Crippen LogP contribution in [0.3, 0.4) is 0 Å². The maximum atomic E-state index is 10.1. The lowest BCUT2D eigenvalue weighted by Gasteiger charge is -1.92. The molecule has 26 heavy (non-hydrogen) atoms. The first-order valence-corrected chi connectivity index (χ1v) is 8.79. The van der Waals surface area contributed by atoms with Crippen LogP contribution < -0.4 is 0 Å². The summed E-state index contributed by atoms with van der Waals surface area (Å²) in [4.78, 5) is 10.1. The molecule has 3 heteroatoms. The quantitative estimate of drug-likeness (QED) is 0.344. The highest BCUT2D eigenvalue weighted by Crippen LogP contribution is 2.12. The molecule has 130 valence electrons. The minimum Gasteiger partial charge on any atom is -0.298 e. The summed E-state index contributed by atoms with van der Waals surface area (Å²) in [6, 6.07) is 24.8. The van der Waals surface area contributed by atoms with Gasteiger partial charge in [0.05, 0.1) is 0 Å². The van der Waals surface area contributed by atoms with Gasteiger partial charge in [-0.3, -0.25) is 4.79 Å². The Hall–Kier alpha value is -2.61. The van der Waals surface area contributed by atoms with Crippen LogP contribution in [0.4, 0.5) is 0 Å². The van der Waals surface area contributed by atoms with Gasteiger partial charge in [0.15, 0.2) is 0 Å². The molecule has 0 fully saturated rings. The molecule has 0 amide bonds. The van der Waals surface area contributed by atoms with Crippen molar-refractivity contribution in [1.82, 2.24) is 0 Å². The van der Waals surface area contributed by atoms with Crippen molar-refractivity contribution in [3.63, 3.8) is 0 Å². The number of carbonyl (C=O) groups excluding carboxylic acids is 1. The van der Waals surface area contributed by atoms with Crippen molar-refractivity contribution >= 4 is 41.6 Å². The SMILES string of the molecule is Clc1cccc(/C=C/C=C/c2ccccc2)c1.O=Cc1cccc(Cl)c1. The Morgan fingerprint density at radius 2 is 1.08 bits per heavy atom. The Balaban J connectivity index is 0.000000228. The molecular formula is C23H18Cl2O. The van der Waals surface area contributed by atoms with Gasteiger partial charge in [0, 0.05) is 15.6 Å². The molecule has 0 aromatic heterocycles. The highest BCUT2D eigenvalue weighted by atomic mass is 35.5. The molecule has 0 saturated heterocycles. The van der Waals surface area contributed by atoms with Crippen LogP contribution in [0.5, 0.6) is 0 Å². The van der Waals surface area contributed by atoms with Gasteiger partial charge in [-0.15, -0.1) is 0 Å². The van der Waals surface area contributed by atoms with Gasteiger partial charge in [0.25, 0.3) is 0 Å². The summed E-state index contributed by atoms with van der Waals surface area (Å²) < 4.78 is 0. The third-order valence-corrected chi connectivity index (χ3v) is 3.79. The Morgan fingerprint density at radius 3 is 1.62 bits per heavy atom. The largest absolute Gasteiger partial charge is 0.298 e. The molecule has 3 aromatic rings. The van der Waals surface area contributed by atoms with Crippen molar-refractivity contribution in [3.8, 4) is 0 Å². The number of hydrogen-bond donors (Lipinski definition) is 0. The molecule has 0 bridgehead atoms. The average molecular weight is 381 g/mol. The van der Waals surface area contributed by atoms with E-state index in [1.54, 1.807) is 24.3 Å². The first-order chi connectivity index (χ1) is 12.7. The van der Waals surface area contributed by atoms with Crippen molar-refractivity contribution in [1.29, 1.82) is 0 Å². The second-order valence-corrected chi connectivity index (χ2v) is 6.23. The van der Waals surface area contributed by atoms with Crippen LogP contribution in [0, 0.1) is 0 Å². The zero-order chi connectivity index (χ0) is 18.6. The van der Waals surface area contributed by atoms with Crippen molar-refractivity contribution in [3.05, 3.63) is 118 Å². The predicted octanol–water partition coefficient (Wildman–Crippen LogP) is 7.22. The molecule has 0 saturated carbocycles. The molecule has 0 spiro atoms. The van der Waals surface area contributed by atoms with E-state index in [9.17, 15) is 4.79 Å². The highest BCUT2D eigenvalue weighted by molar-refractivity contribution is 6.31. The summed E-state index contributed by atoms with van der Waals surface area (Å²) in [6.07, 6.45) is 8.91. The van der Waals surface area contributed by atoms with Gasteiger partial charge in [-0.2, -0.15) is 0 Å². The van der Waals surface area contributed by atoms with Gasteiger partial charge in [-0.05, 0) is 35.4 Å². The van der Waals surface area contributed by atoms with Crippen LogP contribution in [0.1, 0.15) is 21.5 Å². The van der Waals surface area contributed by atoms with E-state index in [2.05, 4.69) is 18.2 Å². The van der Waals surface area contributed by atoms with Crippen LogP contribution in [0.15, 0.2) is 91.0 Å². The van der Waals surface area contributed by atoms with Crippen LogP contribution in [-0.2, 0) is 0 Å². The van der Waals surface area contributed by atoms with Gasteiger partial charge < -0.3 is 0 Å². The van der Waals surface area contributed by atoms with Crippen LogP contribution >= 0.6 is 23.2 Å². The lowest BCUT2D eigenvalue weighted by atomic mass is 10.2. The van der Waals surface area contributed by atoms with Crippen molar-refractivity contribution in [2.24, 2.45) is 0 Å². The molecule has 0 heterocycles. The van der Waals surface area contributed by atoms with Gasteiger partial charge in [-0.1, -0.05) is 102 Å². The standard InChI is InChI=1S/C16H13Cl.C7H5ClO/c17-16-12-6-11-15(13-16)10-5-4-9-14-7-2-1-3-8-14;8-7-3-1-2-6(4-7)5-9/h1-13H;1-5H/b9-4+,10-5+;. The normalized spacial score (nSPS) is 10.5. The smallest absolute Gasteiger partial charge is 0.150 e. The fourth-order valence-corrected chi connectivity index (χ4v) is 2.49. The zero-order valence-corrected chi connectivity index (χ0v) is 15.6. The molecule has 0 N–H and O–H groups in total. The second-order valence-electron chi connectivity index (χ2n) is 5.36. The van der Waals surface area contributed by atoms with E-state index in [0.29, 0.717) is 10.6 Å². The lowest BCUT2D eigenvalue weighted by molar-refractivity contribution is 0.112. The van der Waals surface area contributed by atoms with Gasteiger partial charge in [-0.25, -0.2) is 0 Å². The summed E-state index contributed by atoms with van der Waals surface area (Å²) in [5.41, 5.74) is 2.92. The average Bonchev–Trinajstić information content (AvgIpc) is 2.67. The minimum atomic E-state index is 0.597. The maximum absolute atomic E-state index is 10.1. The number of allylic oxidation sites excluding steroid dienone is 2. The van der Waals surface area contributed by atoms with Crippen molar-refractivity contribution < 1.29 is 4.79 Å². The van der Waals surface area contributed by atoms with E-state index in [4.69, 9.17) is 23.2 Å². The fourth-order valence-electron chi connectivity index (χ4n) is 2.09. The van der Waals surface area contributed by atoms with Gasteiger partial charge in [0.1, 0.15) is 6.29 Å². The van der Waals surface area contributed by atoms with E-state index >= 15 is 0 Å². The van der Waals surface area contributed by atoms with Crippen molar-refractivity contribution in [2.45, 2.75) is 0 Å². The van der Waals surface area contributed by atoms with Gasteiger partial charge >= 0.3 is 0 Å². The topological polar surface area (TPSA) is 17.1 Å². The molecule has 3 rings (SSSR count). The third kappa shape index (κ3) is 7.52. The first kappa shape index (κ1) is 19.7. The molecule has 0 atom stereocenters. The van der Waals surface area contributed by atoms with Gasteiger partial charge in [0.2, 0.25) is 0 Å². The summed E-state index contributed by atoms with van der Waals surface area (Å²) in [7, 11) is 0. The molecule has 0 aliphatic heterocycles. The molecule has 0 aliphatic carbocycles. The second kappa shape index (κ2) is 11.1. The maximum Gasteiger partial charge on any atom is 0.150 e. The Morgan fingerprint density at radius 1 is 0.577 bits per heavy atom. The van der Waals surface area contributed by atoms with E-state index in [-0.39, 0.29) is 0 Å². The number of carbonyl (C=O) groups is 1. The Bertz CT molecular complexity index is 883. The number of halogens is 2. The number of hydrogen-bond acceptors (Lipinski definition) is 1. The summed E-state index contributed by atoms with van der Waals surface area (Å²) in [5.74, 6) is 0. The highest BCUT2D eigenvalue weighted by Gasteiger charge is 1.88. The monoisotopic (exact) mass is 380 g/mol. The summed E-state index contributed by atoms with van der Waals surface area (Å²) in [6.45, 7) is 0. The van der Waals surface area contributed by atoms with Crippen LogP contribution in [0.25, 0.3) is 12.2 Å². The first-order valence-electron chi connectivity index (χ1n) is 8.03. The molecular weight excluding hydrogens is 363 g/mol. The molecule has 0 unspecified atom stereocenters. The fraction of sp³-hybridized carbons (Fsp3) is 0. The predicted molar refractivity (Wildman–Crippen MR) is 113 cm³/mol. The molecule has 0 aliphatic rings. The minimum absolute atomic E-state index is 0.597. The molecule has 3 aromatic carbocycles. The van der Waals surface area contributed by atoms with Crippen LogP contribution in [0.2, 0.25) is 10.0 Å². The van der Waals surface area contributed by atoms with E-state index in [0.717, 1.165) is 16.9 Å². The lowest BCUT2D eigenvalue weighted by Crippen LogP contribution is -1.75. The number of aldehydes is 1. The molecule has 0 radical (unpaired) electrons. The summed E-state index contributed by atoms with van der Waals surface area (Å²) in [5, 5.41) is 1.36. The summed E-state index contributed by atoms with van der Waals surface area (Å²) >= 11 is 11.5. The molecule has 1 nitrogen and oxygen atoms in total. The van der Waals surface area contributed by atoms with Crippen LogP contribution in [-0.4, -0.2) is 6.29 Å².